The third-order valence-corrected chi connectivity index (χ3v) is 6.21. The molecule has 1 aromatic carbocycles. The number of ether oxygens (including phenoxy) is 1. The van der Waals surface area contributed by atoms with Crippen LogP contribution in [0, 0.1) is 19.8 Å². The lowest BCUT2D eigenvalue weighted by atomic mass is 9.95. The molecule has 0 amide bonds. The third-order valence-electron chi connectivity index (χ3n) is 6.21. The van der Waals surface area contributed by atoms with Crippen LogP contribution in [0.3, 0.4) is 0 Å². The SMILES string of the molecule is COCCN1C[C@@H]2CC[C@H]1CN(Cc1c(C)cc(C)cc1-n1cccn1)C2. The van der Waals surface area contributed by atoms with E-state index in [9.17, 15) is 0 Å². The van der Waals surface area contributed by atoms with Crippen molar-refractivity contribution >= 4 is 0 Å². The maximum atomic E-state index is 5.33. The number of rotatable bonds is 6. The second-order valence-electron chi connectivity index (χ2n) is 8.31. The minimum absolute atomic E-state index is 0.665. The summed E-state index contributed by atoms with van der Waals surface area (Å²) in [5.74, 6) is 0.777. The van der Waals surface area contributed by atoms with Crippen LogP contribution in [0.4, 0.5) is 0 Å². The zero-order valence-electron chi connectivity index (χ0n) is 16.9. The molecule has 5 rings (SSSR count). The highest BCUT2D eigenvalue weighted by Crippen LogP contribution is 2.30. The van der Waals surface area contributed by atoms with Gasteiger partial charge in [0.1, 0.15) is 0 Å². The summed E-state index contributed by atoms with van der Waals surface area (Å²) >= 11 is 0. The van der Waals surface area contributed by atoms with Crippen molar-refractivity contribution in [2.24, 2.45) is 5.92 Å². The highest BCUT2D eigenvalue weighted by Gasteiger charge is 2.34. The molecule has 3 fully saturated rings. The molecule has 5 nitrogen and oxygen atoms in total. The second kappa shape index (κ2) is 8.13. The van der Waals surface area contributed by atoms with E-state index < -0.39 is 0 Å². The number of piperidine rings is 1. The van der Waals surface area contributed by atoms with Crippen LogP contribution in [0.2, 0.25) is 0 Å². The van der Waals surface area contributed by atoms with Crippen molar-refractivity contribution in [2.75, 3.05) is 39.9 Å². The molecule has 0 aliphatic carbocycles. The Labute approximate surface area is 162 Å². The van der Waals surface area contributed by atoms with Crippen LogP contribution >= 0.6 is 0 Å². The van der Waals surface area contributed by atoms with Gasteiger partial charge in [0.25, 0.3) is 0 Å². The first kappa shape index (κ1) is 18.7. The maximum absolute atomic E-state index is 5.33. The smallest absolute Gasteiger partial charge is 0.0695 e. The van der Waals surface area contributed by atoms with Crippen molar-refractivity contribution in [2.45, 2.75) is 39.3 Å². The average molecular weight is 369 g/mol. The Morgan fingerprint density at radius 2 is 2.04 bits per heavy atom. The monoisotopic (exact) mass is 368 g/mol. The molecule has 1 aromatic heterocycles. The van der Waals surface area contributed by atoms with Crippen LogP contribution in [0.5, 0.6) is 0 Å². The van der Waals surface area contributed by atoms with Crippen LogP contribution in [-0.2, 0) is 11.3 Å². The highest BCUT2D eigenvalue weighted by molar-refractivity contribution is 5.48. The van der Waals surface area contributed by atoms with Gasteiger partial charge in [-0.25, -0.2) is 4.68 Å². The van der Waals surface area contributed by atoms with E-state index in [1.54, 1.807) is 7.11 Å². The third kappa shape index (κ3) is 4.10. The molecule has 0 unspecified atom stereocenters. The van der Waals surface area contributed by atoms with Crippen LogP contribution in [-0.4, -0.2) is 65.5 Å². The lowest BCUT2D eigenvalue weighted by molar-refractivity contribution is 0.0867. The van der Waals surface area contributed by atoms with Crippen LogP contribution in [0.1, 0.15) is 29.5 Å². The zero-order valence-corrected chi connectivity index (χ0v) is 16.9. The molecule has 0 saturated carbocycles. The summed E-state index contributed by atoms with van der Waals surface area (Å²) < 4.78 is 7.36. The molecule has 4 heterocycles. The Morgan fingerprint density at radius 3 is 2.81 bits per heavy atom. The van der Waals surface area contributed by atoms with Gasteiger partial charge in [0.15, 0.2) is 0 Å². The molecule has 3 aliphatic rings. The highest BCUT2D eigenvalue weighted by atomic mass is 16.5. The minimum atomic E-state index is 0.665. The largest absolute Gasteiger partial charge is 0.383 e. The summed E-state index contributed by atoms with van der Waals surface area (Å²) in [6.07, 6.45) is 6.60. The summed E-state index contributed by atoms with van der Waals surface area (Å²) in [6.45, 7) is 10.9. The van der Waals surface area contributed by atoms with E-state index in [-0.39, 0.29) is 0 Å². The summed E-state index contributed by atoms with van der Waals surface area (Å²) in [5, 5.41) is 4.51. The van der Waals surface area contributed by atoms with E-state index in [0.717, 1.165) is 32.2 Å². The van der Waals surface area contributed by atoms with E-state index in [1.165, 1.54) is 48.3 Å². The van der Waals surface area contributed by atoms with Crippen molar-refractivity contribution in [3.8, 4) is 5.69 Å². The number of benzene rings is 1. The first-order valence-corrected chi connectivity index (χ1v) is 10.2. The van der Waals surface area contributed by atoms with Gasteiger partial charge in [-0.2, -0.15) is 5.10 Å². The van der Waals surface area contributed by atoms with Crippen molar-refractivity contribution in [3.05, 3.63) is 47.3 Å². The van der Waals surface area contributed by atoms with Gasteiger partial charge < -0.3 is 4.74 Å². The second-order valence-corrected chi connectivity index (χ2v) is 8.31. The average Bonchev–Trinajstić information content (AvgIpc) is 3.04. The van der Waals surface area contributed by atoms with Gasteiger partial charge in [-0.3, -0.25) is 9.80 Å². The number of methoxy groups -OCH3 is 1. The quantitative estimate of drug-likeness (QED) is 0.785. The molecule has 0 N–H and O–H groups in total. The Kier molecular flexibility index (Phi) is 5.62. The van der Waals surface area contributed by atoms with Crippen LogP contribution in [0.15, 0.2) is 30.6 Å². The van der Waals surface area contributed by atoms with Crippen LogP contribution in [0.25, 0.3) is 5.69 Å². The summed E-state index contributed by atoms with van der Waals surface area (Å²) in [7, 11) is 1.80. The predicted octanol–water partition coefficient (Wildman–Crippen LogP) is 3.03. The molecule has 27 heavy (non-hydrogen) atoms. The van der Waals surface area contributed by atoms with E-state index in [4.69, 9.17) is 4.74 Å². The van der Waals surface area contributed by atoms with Gasteiger partial charge in [-0.05, 0) is 61.4 Å². The van der Waals surface area contributed by atoms with E-state index >= 15 is 0 Å². The first-order valence-electron chi connectivity index (χ1n) is 10.2. The van der Waals surface area contributed by atoms with Gasteiger partial charge in [-0.1, -0.05) is 6.07 Å². The first-order chi connectivity index (χ1) is 13.1. The van der Waals surface area contributed by atoms with Gasteiger partial charge in [0.2, 0.25) is 0 Å². The lowest BCUT2D eigenvalue weighted by Crippen LogP contribution is -2.45. The minimum Gasteiger partial charge on any atom is -0.383 e. The van der Waals surface area contributed by atoms with Crippen LogP contribution < -0.4 is 0 Å². The summed E-state index contributed by atoms with van der Waals surface area (Å²) in [6, 6.07) is 7.24. The molecule has 3 saturated heterocycles. The predicted molar refractivity (Wildman–Crippen MR) is 108 cm³/mol. The van der Waals surface area contributed by atoms with Crippen molar-refractivity contribution in [1.82, 2.24) is 19.6 Å². The van der Waals surface area contributed by atoms with Crippen molar-refractivity contribution in [3.63, 3.8) is 0 Å². The summed E-state index contributed by atoms with van der Waals surface area (Å²) in [4.78, 5) is 5.34. The normalized spacial score (nSPS) is 23.7. The molecule has 0 spiro atoms. The fourth-order valence-corrected chi connectivity index (χ4v) is 4.91. The fourth-order valence-electron chi connectivity index (χ4n) is 4.91. The van der Waals surface area contributed by atoms with Crippen molar-refractivity contribution < 1.29 is 4.74 Å². The number of aryl methyl sites for hydroxylation is 2. The van der Waals surface area contributed by atoms with Crippen molar-refractivity contribution in [1.29, 1.82) is 0 Å². The van der Waals surface area contributed by atoms with Gasteiger partial charge in [0, 0.05) is 58.3 Å². The van der Waals surface area contributed by atoms with E-state index in [1.807, 2.05) is 16.9 Å². The van der Waals surface area contributed by atoms with Gasteiger partial charge >= 0.3 is 0 Å². The number of fused-ring (bicyclic) bond motifs is 4. The lowest BCUT2D eigenvalue weighted by Gasteiger charge is -2.36. The van der Waals surface area contributed by atoms with Gasteiger partial charge in [0.05, 0.1) is 12.3 Å². The van der Waals surface area contributed by atoms with E-state index in [2.05, 4.69) is 47.1 Å². The van der Waals surface area contributed by atoms with Gasteiger partial charge in [-0.15, -0.1) is 0 Å². The molecule has 3 aliphatic heterocycles. The zero-order chi connectivity index (χ0) is 18.8. The molecule has 0 radical (unpaired) electrons. The Morgan fingerprint density at radius 1 is 1.15 bits per heavy atom. The maximum Gasteiger partial charge on any atom is 0.0695 e. The molecule has 2 atom stereocenters. The molecule has 2 bridgehead atoms. The Hall–Kier alpha value is -1.69. The molecule has 146 valence electrons. The molecule has 5 heteroatoms. The number of hydrogen-bond donors (Lipinski definition) is 0. The number of nitrogens with zero attached hydrogens (tertiary/aromatic N) is 4. The standard InChI is InChI=1S/C22H32N4O/c1-17-11-18(2)21(22(12-17)26-8-4-7-23-26)16-24-13-19-5-6-20(15-24)25(14-19)9-10-27-3/h4,7-8,11-12,19-20H,5-6,9-10,13-16H2,1-3H3/t19-,20+/m1/s1. The summed E-state index contributed by atoms with van der Waals surface area (Å²) in [5.41, 5.74) is 5.30. The topological polar surface area (TPSA) is 33.5 Å². The number of aromatic nitrogens is 2. The fraction of sp³-hybridized carbons (Fsp3) is 0.591. The number of hydrogen-bond acceptors (Lipinski definition) is 4. The van der Waals surface area contributed by atoms with E-state index in [0.29, 0.717) is 6.04 Å². The Balaban J connectivity index is 1.56. The molecular formula is C22H32N4O. The molecular weight excluding hydrogens is 336 g/mol. The molecule has 2 aromatic rings. The Bertz CT molecular complexity index is 758.